The minimum Gasteiger partial charge on any atom is -0.391 e. The van der Waals surface area contributed by atoms with Crippen LogP contribution in [0.25, 0.3) is 22.8 Å². The van der Waals surface area contributed by atoms with Crippen molar-refractivity contribution >= 4 is 51.9 Å². The zero-order chi connectivity index (χ0) is 38.3. The minimum atomic E-state index is -1.02. The summed E-state index contributed by atoms with van der Waals surface area (Å²) in [6.45, 7) is 13.6. The predicted octanol–water partition coefficient (Wildman–Crippen LogP) is 7.87. The van der Waals surface area contributed by atoms with Crippen LogP contribution in [0.5, 0.6) is 0 Å². The maximum atomic E-state index is 14.9. The number of amides is 2. The Bertz CT molecular complexity index is 2040. The standard InChI is InChI=1S/C42H54ClN7O4/c1-22(2)28-12-9-24(5)16-31(28)37-36(19-33-30-18-26(43)11-14-34(30)47-41(33)52)46-39(32-17-25(6)10-13-29(32)23(3)4)38(37)42(53)45-20-27(51)21-54-50-40-35(48-49-50)8-7-15-44-40/h7-8,11,14-15,18-19,22-25,27-29,31-32,46,51H,9-10,12-13,16-17,20-21H2,1-6H3,(H,45,53)(H,47,52). The molecule has 0 saturated heterocycles. The molecule has 0 radical (unpaired) electrons. The highest BCUT2D eigenvalue weighted by Crippen LogP contribution is 2.51. The molecular weight excluding hydrogens is 702 g/mol. The summed E-state index contributed by atoms with van der Waals surface area (Å²) < 4.78 is 0. The first-order chi connectivity index (χ1) is 25.9. The van der Waals surface area contributed by atoms with E-state index in [0.717, 1.165) is 66.7 Å². The van der Waals surface area contributed by atoms with Gasteiger partial charge in [-0.2, -0.15) is 0 Å². The second-order valence-electron chi connectivity index (χ2n) is 16.8. The molecule has 4 N–H and O–H groups in total. The van der Waals surface area contributed by atoms with E-state index in [1.54, 1.807) is 24.4 Å². The fraction of sp³-hybridized carbons (Fsp3) is 0.548. The van der Waals surface area contributed by atoms with Crippen LogP contribution >= 0.6 is 11.6 Å². The molecule has 0 spiro atoms. The van der Waals surface area contributed by atoms with Crippen LogP contribution in [0.1, 0.15) is 125 Å². The van der Waals surface area contributed by atoms with Crippen molar-refractivity contribution in [3.8, 4) is 0 Å². The number of anilines is 1. The topological polar surface area (TPSA) is 147 Å². The number of aromatic amines is 1. The Morgan fingerprint density at radius 2 is 1.76 bits per heavy atom. The summed E-state index contributed by atoms with van der Waals surface area (Å²) in [6.07, 6.45) is 8.90. The number of hydrogen-bond acceptors (Lipinski definition) is 7. The number of aliphatic hydroxyl groups is 1. The van der Waals surface area contributed by atoms with Crippen LogP contribution in [-0.4, -0.2) is 61.3 Å². The first-order valence-electron chi connectivity index (χ1n) is 19.7. The van der Waals surface area contributed by atoms with Crippen LogP contribution in [0.4, 0.5) is 5.69 Å². The monoisotopic (exact) mass is 755 g/mol. The zero-order valence-corrected chi connectivity index (χ0v) is 33.0. The molecule has 2 amide bonds. The third-order valence-corrected chi connectivity index (χ3v) is 12.5. The fourth-order valence-electron chi connectivity index (χ4n) is 9.44. The third-order valence-electron chi connectivity index (χ3n) is 12.2. The number of hydrogen-bond donors (Lipinski definition) is 4. The highest BCUT2D eigenvalue weighted by Gasteiger charge is 2.42. The molecular formula is C42H54ClN7O4. The van der Waals surface area contributed by atoms with E-state index < -0.39 is 6.10 Å². The molecule has 288 valence electrons. The first kappa shape index (κ1) is 38.1. The number of aliphatic hydroxyl groups excluding tert-OH is 1. The van der Waals surface area contributed by atoms with E-state index in [9.17, 15) is 14.7 Å². The van der Waals surface area contributed by atoms with Crippen molar-refractivity contribution in [2.45, 2.75) is 98.0 Å². The van der Waals surface area contributed by atoms with Gasteiger partial charge in [-0.25, -0.2) is 4.98 Å². The van der Waals surface area contributed by atoms with Crippen molar-refractivity contribution in [2.24, 2.45) is 35.5 Å². The Labute approximate surface area is 322 Å². The molecule has 7 rings (SSSR count). The Morgan fingerprint density at radius 3 is 2.48 bits per heavy atom. The smallest absolute Gasteiger partial charge is 0.256 e. The summed E-state index contributed by atoms with van der Waals surface area (Å²) in [7, 11) is 0. The number of halogens is 1. The first-order valence-corrected chi connectivity index (χ1v) is 20.1. The summed E-state index contributed by atoms with van der Waals surface area (Å²) in [4.78, 5) is 43.6. The molecule has 3 aliphatic rings. The molecule has 1 aliphatic heterocycles. The molecule has 1 aromatic carbocycles. The van der Waals surface area contributed by atoms with Crippen LogP contribution in [0.15, 0.2) is 36.5 Å². The molecule has 4 aromatic rings. The number of rotatable bonds is 11. The maximum absolute atomic E-state index is 14.9. The molecule has 3 aromatic heterocycles. The van der Waals surface area contributed by atoms with Gasteiger partial charge in [0.25, 0.3) is 11.8 Å². The van der Waals surface area contributed by atoms with E-state index in [2.05, 4.69) is 72.5 Å². The number of carbonyl (C=O) groups is 2. The predicted molar refractivity (Wildman–Crippen MR) is 212 cm³/mol. The average molecular weight is 756 g/mol. The highest BCUT2D eigenvalue weighted by atomic mass is 35.5. The lowest BCUT2D eigenvalue weighted by atomic mass is 9.65. The summed E-state index contributed by atoms with van der Waals surface area (Å²) in [5.41, 5.74) is 6.43. The average Bonchev–Trinajstić information content (AvgIpc) is 3.82. The molecule has 2 saturated carbocycles. The number of H-pyrrole nitrogens is 1. The van der Waals surface area contributed by atoms with Crippen molar-refractivity contribution < 1.29 is 19.5 Å². The molecule has 2 aliphatic carbocycles. The van der Waals surface area contributed by atoms with E-state index in [1.807, 2.05) is 18.2 Å². The molecule has 0 bridgehead atoms. The number of nitrogens with zero attached hydrogens (tertiary/aromatic N) is 4. The van der Waals surface area contributed by atoms with Crippen LogP contribution in [0.3, 0.4) is 0 Å². The van der Waals surface area contributed by atoms with E-state index in [1.165, 1.54) is 4.85 Å². The summed E-state index contributed by atoms with van der Waals surface area (Å²) in [5, 5.41) is 25.8. The SMILES string of the molecule is CC1CCC(C(C)C)C(c2[nH]c(C=C3C(=O)Nc4ccc(Cl)cc43)c(C3CC(C)CCC3C(C)C)c2C(=O)NCC(O)COn2nnc3cccnc32)C1. The maximum Gasteiger partial charge on any atom is 0.256 e. The number of benzene rings is 1. The lowest BCUT2D eigenvalue weighted by Crippen LogP contribution is -2.38. The summed E-state index contributed by atoms with van der Waals surface area (Å²) >= 11 is 6.46. The number of nitrogens with one attached hydrogen (secondary N) is 3. The lowest BCUT2D eigenvalue weighted by Gasteiger charge is -2.39. The van der Waals surface area contributed by atoms with E-state index in [4.69, 9.17) is 16.4 Å². The van der Waals surface area contributed by atoms with Gasteiger partial charge in [0, 0.05) is 46.3 Å². The molecule has 7 unspecified atom stereocenters. The number of aromatic nitrogens is 5. The van der Waals surface area contributed by atoms with Gasteiger partial charge >= 0.3 is 0 Å². The Hall–Kier alpha value is -4.22. The molecule has 11 nitrogen and oxygen atoms in total. The fourth-order valence-corrected chi connectivity index (χ4v) is 9.61. The highest BCUT2D eigenvalue weighted by molar-refractivity contribution is 6.36. The minimum absolute atomic E-state index is 0.0307. The van der Waals surface area contributed by atoms with Gasteiger partial charge in [-0.1, -0.05) is 70.8 Å². The van der Waals surface area contributed by atoms with Crippen molar-refractivity contribution in [1.29, 1.82) is 0 Å². The van der Waals surface area contributed by atoms with Gasteiger partial charge in [-0.3, -0.25) is 9.59 Å². The van der Waals surface area contributed by atoms with Crippen LogP contribution in [0.2, 0.25) is 5.02 Å². The van der Waals surface area contributed by atoms with Gasteiger partial charge in [0.1, 0.15) is 18.2 Å². The van der Waals surface area contributed by atoms with Crippen LogP contribution < -0.4 is 15.5 Å². The van der Waals surface area contributed by atoms with Crippen molar-refractivity contribution in [3.05, 3.63) is 69.6 Å². The molecule has 12 heteroatoms. The number of fused-ring (bicyclic) bond motifs is 2. The van der Waals surface area contributed by atoms with Crippen LogP contribution in [0, 0.1) is 35.5 Å². The van der Waals surface area contributed by atoms with Crippen LogP contribution in [-0.2, 0) is 4.79 Å². The lowest BCUT2D eigenvalue weighted by molar-refractivity contribution is -0.110. The molecule has 2 fully saturated rings. The van der Waals surface area contributed by atoms with E-state index >= 15 is 0 Å². The van der Waals surface area contributed by atoms with Crippen molar-refractivity contribution in [2.75, 3.05) is 18.5 Å². The van der Waals surface area contributed by atoms with Gasteiger partial charge < -0.3 is 25.6 Å². The normalized spacial score (nSPS) is 25.7. The van der Waals surface area contributed by atoms with Gasteiger partial charge in [0.2, 0.25) is 5.65 Å². The molecule has 7 atom stereocenters. The second kappa shape index (κ2) is 15.9. The van der Waals surface area contributed by atoms with Gasteiger partial charge in [-0.05, 0) is 114 Å². The summed E-state index contributed by atoms with van der Waals surface area (Å²) in [6, 6.07) is 8.99. The zero-order valence-electron chi connectivity index (χ0n) is 32.2. The largest absolute Gasteiger partial charge is 0.391 e. The number of carbonyl (C=O) groups excluding carboxylic acids is 2. The van der Waals surface area contributed by atoms with Gasteiger partial charge in [-0.15, -0.1) is 5.10 Å². The Kier molecular flexibility index (Phi) is 11.2. The van der Waals surface area contributed by atoms with E-state index in [0.29, 0.717) is 62.8 Å². The third kappa shape index (κ3) is 7.67. The number of pyridine rings is 1. The quantitative estimate of drug-likeness (QED) is 0.114. The van der Waals surface area contributed by atoms with Crippen molar-refractivity contribution in [1.82, 2.24) is 30.4 Å². The Balaban J connectivity index is 1.31. The molecule has 4 heterocycles. The van der Waals surface area contributed by atoms with E-state index in [-0.39, 0.29) is 36.8 Å². The van der Waals surface area contributed by atoms with Gasteiger partial charge in [0.15, 0.2) is 0 Å². The Morgan fingerprint density at radius 1 is 1.06 bits per heavy atom. The molecule has 54 heavy (non-hydrogen) atoms. The summed E-state index contributed by atoms with van der Waals surface area (Å²) in [5.74, 6) is 2.32. The van der Waals surface area contributed by atoms with Crippen molar-refractivity contribution in [3.63, 3.8) is 0 Å². The van der Waals surface area contributed by atoms with Gasteiger partial charge in [0.05, 0.1) is 11.1 Å². The second-order valence-corrected chi connectivity index (χ2v) is 17.2.